The zero-order valence-electron chi connectivity index (χ0n) is 9.85. The van der Waals surface area contributed by atoms with Crippen LogP contribution < -0.4 is 10.1 Å². The summed E-state index contributed by atoms with van der Waals surface area (Å²) in [5, 5.41) is 3.35. The highest BCUT2D eigenvalue weighted by Crippen LogP contribution is 2.31. The lowest BCUT2D eigenvalue weighted by Crippen LogP contribution is -2.28. The summed E-state index contributed by atoms with van der Waals surface area (Å²) in [6.45, 7) is 4.01. The van der Waals surface area contributed by atoms with Crippen molar-refractivity contribution in [3.63, 3.8) is 0 Å². The summed E-state index contributed by atoms with van der Waals surface area (Å²) in [7, 11) is 1.59. The Labute approximate surface area is 95.8 Å². The van der Waals surface area contributed by atoms with Crippen LogP contribution in [0.15, 0.2) is 12.1 Å². The largest absolute Gasteiger partial charge is 0.496 e. The van der Waals surface area contributed by atoms with Crippen molar-refractivity contribution in [1.29, 1.82) is 0 Å². The lowest BCUT2D eigenvalue weighted by molar-refractivity contribution is 0.403. The number of halogens is 1. The fourth-order valence-corrected chi connectivity index (χ4v) is 2.43. The van der Waals surface area contributed by atoms with Crippen LogP contribution >= 0.6 is 0 Å². The predicted octanol–water partition coefficient (Wildman–Crippen LogP) is 2.61. The molecule has 3 heteroatoms. The summed E-state index contributed by atoms with van der Waals surface area (Å²) in [6.07, 6.45) is 2.28. The van der Waals surface area contributed by atoms with Crippen LogP contribution in [0.2, 0.25) is 0 Å². The Balaban J connectivity index is 2.34. The number of piperidine rings is 1. The standard InChI is InChI=1S/C13H18FNO/c1-9-12(10-4-3-5-15-8-10)6-11(14)7-13(9)16-2/h6-7,10,15H,3-5,8H2,1-2H3. The van der Waals surface area contributed by atoms with Gasteiger partial charge in [0.25, 0.3) is 0 Å². The summed E-state index contributed by atoms with van der Waals surface area (Å²) in [5.41, 5.74) is 2.15. The average molecular weight is 223 g/mol. The van der Waals surface area contributed by atoms with E-state index in [4.69, 9.17) is 4.74 Å². The van der Waals surface area contributed by atoms with Gasteiger partial charge in [0.15, 0.2) is 0 Å². The highest BCUT2D eigenvalue weighted by Gasteiger charge is 2.19. The lowest BCUT2D eigenvalue weighted by atomic mass is 9.88. The van der Waals surface area contributed by atoms with Crippen molar-refractivity contribution in [2.45, 2.75) is 25.7 Å². The zero-order valence-corrected chi connectivity index (χ0v) is 9.85. The highest BCUT2D eigenvalue weighted by atomic mass is 19.1. The second kappa shape index (κ2) is 4.83. The summed E-state index contributed by atoms with van der Waals surface area (Å²) < 4.78 is 18.6. The normalized spacial score (nSPS) is 20.8. The first kappa shape index (κ1) is 11.4. The molecule has 1 N–H and O–H groups in total. The van der Waals surface area contributed by atoms with Gasteiger partial charge in [0, 0.05) is 12.6 Å². The van der Waals surface area contributed by atoms with E-state index in [1.165, 1.54) is 6.07 Å². The minimum Gasteiger partial charge on any atom is -0.496 e. The van der Waals surface area contributed by atoms with Crippen molar-refractivity contribution in [2.75, 3.05) is 20.2 Å². The maximum atomic E-state index is 13.4. The van der Waals surface area contributed by atoms with Crippen LogP contribution in [0, 0.1) is 12.7 Å². The molecule has 0 aliphatic carbocycles. The molecule has 1 aliphatic heterocycles. The number of hydrogen-bond acceptors (Lipinski definition) is 2. The van der Waals surface area contributed by atoms with E-state index >= 15 is 0 Å². The Morgan fingerprint density at radius 3 is 2.88 bits per heavy atom. The van der Waals surface area contributed by atoms with Crippen molar-refractivity contribution >= 4 is 0 Å². The van der Waals surface area contributed by atoms with Gasteiger partial charge in [0.2, 0.25) is 0 Å². The number of rotatable bonds is 2. The van der Waals surface area contributed by atoms with Crippen LogP contribution in [0.3, 0.4) is 0 Å². The molecule has 1 saturated heterocycles. The van der Waals surface area contributed by atoms with Gasteiger partial charge in [-0.05, 0) is 49.4 Å². The van der Waals surface area contributed by atoms with Crippen LogP contribution in [-0.2, 0) is 0 Å². The molecule has 1 aromatic rings. The molecule has 88 valence electrons. The van der Waals surface area contributed by atoms with Gasteiger partial charge in [-0.3, -0.25) is 0 Å². The third-order valence-corrected chi connectivity index (χ3v) is 3.32. The van der Waals surface area contributed by atoms with Crippen molar-refractivity contribution in [3.05, 3.63) is 29.1 Å². The van der Waals surface area contributed by atoms with Crippen molar-refractivity contribution < 1.29 is 9.13 Å². The molecular weight excluding hydrogens is 205 g/mol. The van der Waals surface area contributed by atoms with E-state index in [-0.39, 0.29) is 5.82 Å². The molecule has 1 unspecified atom stereocenters. The topological polar surface area (TPSA) is 21.3 Å². The first-order valence-corrected chi connectivity index (χ1v) is 5.77. The third kappa shape index (κ3) is 2.19. The van der Waals surface area contributed by atoms with Gasteiger partial charge in [0.1, 0.15) is 11.6 Å². The van der Waals surface area contributed by atoms with Gasteiger partial charge in [-0.25, -0.2) is 4.39 Å². The van der Waals surface area contributed by atoms with Gasteiger partial charge >= 0.3 is 0 Å². The van der Waals surface area contributed by atoms with Crippen molar-refractivity contribution in [3.8, 4) is 5.75 Å². The van der Waals surface area contributed by atoms with E-state index in [9.17, 15) is 4.39 Å². The Kier molecular flexibility index (Phi) is 3.44. The maximum Gasteiger partial charge on any atom is 0.127 e. The third-order valence-electron chi connectivity index (χ3n) is 3.32. The minimum absolute atomic E-state index is 0.206. The molecule has 0 spiro atoms. The molecule has 0 radical (unpaired) electrons. The predicted molar refractivity (Wildman–Crippen MR) is 62.5 cm³/mol. The van der Waals surface area contributed by atoms with E-state index in [1.807, 2.05) is 6.92 Å². The van der Waals surface area contributed by atoms with Crippen LogP contribution in [0.25, 0.3) is 0 Å². The molecule has 0 aromatic heterocycles. The van der Waals surface area contributed by atoms with Crippen LogP contribution in [0.4, 0.5) is 4.39 Å². The number of ether oxygens (including phenoxy) is 1. The van der Waals surface area contributed by atoms with Crippen LogP contribution in [0.1, 0.15) is 29.9 Å². The van der Waals surface area contributed by atoms with Gasteiger partial charge in [-0.1, -0.05) is 0 Å². The lowest BCUT2D eigenvalue weighted by Gasteiger charge is -2.25. The highest BCUT2D eigenvalue weighted by molar-refractivity contribution is 5.42. The molecule has 1 heterocycles. The molecular formula is C13H18FNO. The quantitative estimate of drug-likeness (QED) is 0.832. The maximum absolute atomic E-state index is 13.4. The number of hydrogen-bond donors (Lipinski definition) is 1. The fourth-order valence-electron chi connectivity index (χ4n) is 2.43. The molecule has 0 saturated carbocycles. The van der Waals surface area contributed by atoms with Gasteiger partial charge in [-0.15, -0.1) is 0 Å². The molecule has 1 atom stereocenters. The molecule has 0 amide bonds. The van der Waals surface area contributed by atoms with Gasteiger partial charge in [0.05, 0.1) is 7.11 Å². The number of methoxy groups -OCH3 is 1. The fraction of sp³-hybridized carbons (Fsp3) is 0.538. The van der Waals surface area contributed by atoms with Crippen molar-refractivity contribution in [1.82, 2.24) is 5.32 Å². The first-order valence-electron chi connectivity index (χ1n) is 5.77. The second-order valence-electron chi connectivity index (χ2n) is 4.37. The molecule has 2 nitrogen and oxygen atoms in total. The van der Waals surface area contributed by atoms with Crippen molar-refractivity contribution in [2.24, 2.45) is 0 Å². The van der Waals surface area contributed by atoms with E-state index < -0.39 is 0 Å². The summed E-state index contributed by atoms with van der Waals surface area (Å²) in [4.78, 5) is 0. The SMILES string of the molecule is COc1cc(F)cc(C2CCCNC2)c1C. The monoisotopic (exact) mass is 223 g/mol. The minimum atomic E-state index is -0.206. The van der Waals surface area contributed by atoms with Crippen LogP contribution in [0.5, 0.6) is 5.75 Å². The van der Waals surface area contributed by atoms with E-state index in [1.54, 1.807) is 13.2 Å². The Morgan fingerprint density at radius 1 is 1.44 bits per heavy atom. The summed E-state index contributed by atoms with van der Waals surface area (Å²) in [6, 6.07) is 3.10. The summed E-state index contributed by atoms with van der Waals surface area (Å²) in [5.74, 6) is 0.863. The molecule has 1 fully saturated rings. The van der Waals surface area contributed by atoms with E-state index in [0.29, 0.717) is 11.7 Å². The Bertz CT molecular complexity index is 372. The Morgan fingerprint density at radius 2 is 2.25 bits per heavy atom. The van der Waals surface area contributed by atoms with Gasteiger partial charge < -0.3 is 10.1 Å². The molecule has 16 heavy (non-hydrogen) atoms. The summed E-state index contributed by atoms with van der Waals surface area (Å²) >= 11 is 0. The molecule has 2 rings (SSSR count). The number of benzene rings is 1. The zero-order chi connectivity index (χ0) is 11.5. The van der Waals surface area contributed by atoms with Gasteiger partial charge in [-0.2, -0.15) is 0 Å². The van der Waals surface area contributed by atoms with Crippen LogP contribution in [-0.4, -0.2) is 20.2 Å². The van der Waals surface area contributed by atoms with E-state index in [0.717, 1.165) is 37.1 Å². The second-order valence-corrected chi connectivity index (χ2v) is 4.37. The molecule has 1 aliphatic rings. The smallest absolute Gasteiger partial charge is 0.127 e. The first-order chi connectivity index (χ1) is 7.72. The molecule has 0 bridgehead atoms. The molecule has 1 aromatic carbocycles. The number of nitrogens with one attached hydrogen (secondary N) is 1. The average Bonchev–Trinajstić information content (AvgIpc) is 2.33. The Hall–Kier alpha value is -1.09. The van der Waals surface area contributed by atoms with E-state index in [2.05, 4.69) is 5.32 Å².